The van der Waals surface area contributed by atoms with E-state index in [0.717, 1.165) is 17.0 Å². The fourth-order valence-corrected chi connectivity index (χ4v) is 2.60. The van der Waals surface area contributed by atoms with Crippen LogP contribution >= 0.6 is 24.0 Å². The molecule has 2 rings (SSSR count). The molecule has 0 unspecified atom stereocenters. The highest BCUT2D eigenvalue weighted by Gasteiger charge is 2.06. The van der Waals surface area contributed by atoms with Crippen molar-refractivity contribution in [1.29, 1.82) is 0 Å². The number of para-hydroxylation sites is 1. The van der Waals surface area contributed by atoms with Crippen LogP contribution in [0.5, 0.6) is 5.75 Å². The minimum Gasteiger partial charge on any atom is -0.492 e. The number of hydrogen-bond donors (Lipinski definition) is 3. The third kappa shape index (κ3) is 10.2. The molecular weight excluding hydrogens is 479 g/mol. The summed E-state index contributed by atoms with van der Waals surface area (Å²) in [4.78, 5) is 16.1. The first-order valence-corrected chi connectivity index (χ1v) is 9.58. The van der Waals surface area contributed by atoms with E-state index < -0.39 is 0 Å². The van der Waals surface area contributed by atoms with Crippen molar-refractivity contribution in [2.24, 2.45) is 10.9 Å². The lowest BCUT2D eigenvalue weighted by atomic mass is 10.1. The van der Waals surface area contributed by atoms with Crippen molar-refractivity contribution in [3.05, 3.63) is 60.2 Å². The van der Waals surface area contributed by atoms with E-state index in [0.29, 0.717) is 38.0 Å². The van der Waals surface area contributed by atoms with Gasteiger partial charge in [0, 0.05) is 25.7 Å². The van der Waals surface area contributed by atoms with Crippen molar-refractivity contribution >= 4 is 41.5 Å². The van der Waals surface area contributed by atoms with E-state index in [9.17, 15) is 4.79 Å². The highest BCUT2D eigenvalue weighted by atomic mass is 127. The number of aliphatic imine (C=N–C) groups is 1. The van der Waals surface area contributed by atoms with Crippen molar-refractivity contribution in [3.63, 3.8) is 0 Å². The Hall–Kier alpha value is -2.29. The number of guanidine groups is 1. The van der Waals surface area contributed by atoms with Gasteiger partial charge in [-0.3, -0.25) is 9.79 Å². The Bertz CT molecular complexity index is 766. The van der Waals surface area contributed by atoms with Crippen LogP contribution in [0, 0.1) is 5.92 Å². The number of halogens is 1. The zero-order valence-electron chi connectivity index (χ0n) is 17.3. The summed E-state index contributed by atoms with van der Waals surface area (Å²) in [6.07, 6.45) is 0.518. The average molecular weight is 510 g/mol. The second-order valence-corrected chi connectivity index (χ2v) is 6.86. The standard InChI is InChI=1S/C22H30N4O2.HI/c1-17(2)14-21(27)26-19-9-7-8-18(15-19)16-25-22(23-3)24-12-13-28-20-10-5-4-6-11-20;/h4-11,15,17H,12-14,16H2,1-3H3,(H,26,27)(H2,23,24,25);1H. The van der Waals surface area contributed by atoms with Crippen molar-refractivity contribution in [2.45, 2.75) is 26.8 Å². The van der Waals surface area contributed by atoms with Crippen molar-refractivity contribution in [3.8, 4) is 5.75 Å². The van der Waals surface area contributed by atoms with E-state index in [-0.39, 0.29) is 29.9 Å². The molecule has 0 bridgehead atoms. The van der Waals surface area contributed by atoms with Crippen LogP contribution in [-0.2, 0) is 11.3 Å². The zero-order valence-corrected chi connectivity index (χ0v) is 19.6. The molecule has 2 aromatic rings. The summed E-state index contributed by atoms with van der Waals surface area (Å²) >= 11 is 0. The van der Waals surface area contributed by atoms with Gasteiger partial charge in [-0.1, -0.05) is 44.2 Å². The molecule has 0 fully saturated rings. The summed E-state index contributed by atoms with van der Waals surface area (Å²) in [5, 5.41) is 9.43. The molecule has 0 saturated heterocycles. The van der Waals surface area contributed by atoms with Crippen LogP contribution in [0.1, 0.15) is 25.8 Å². The molecule has 3 N–H and O–H groups in total. The molecule has 0 aliphatic heterocycles. The van der Waals surface area contributed by atoms with Crippen LogP contribution in [0.4, 0.5) is 5.69 Å². The van der Waals surface area contributed by atoms with Gasteiger partial charge in [0.2, 0.25) is 5.91 Å². The van der Waals surface area contributed by atoms with Gasteiger partial charge < -0.3 is 20.7 Å². The molecule has 2 aromatic carbocycles. The van der Waals surface area contributed by atoms with Gasteiger partial charge >= 0.3 is 0 Å². The maximum absolute atomic E-state index is 11.9. The first kappa shape index (κ1) is 24.7. The van der Waals surface area contributed by atoms with Crippen LogP contribution in [0.25, 0.3) is 0 Å². The van der Waals surface area contributed by atoms with Crippen molar-refractivity contribution in [2.75, 3.05) is 25.5 Å². The Labute approximate surface area is 190 Å². The molecule has 0 aliphatic rings. The molecule has 29 heavy (non-hydrogen) atoms. The second kappa shape index (κ2) is 13.8. The monoisotopic (exact) mass is 510 g/mol. The van der Waals surface area contributed by atoms with E-state index >= 15 is 0 Å². The molecule has 0 aromatic heterocycles. The molecule has 0 heterocycles. The Balaban J connectivity index is 0.00000420. The van der Waals surface area contributed by atoms with Crippen LogP contribution in [-0.4, -0.2) is 32.1 Å². The molecule has 0 spiro atoms. The fraction of sp³-hybridized carbons (Fsp3) is 0.364. The summed E-state index contributed by atoms with van der Waals surface area (Å²) in [5.41, 5.74) is 1.87. The molecular formula is C22H31IN4O2. The van der Waals surface area contributed by atoms with Gasteiger partial charge in [-0.25, -0.2) is 0 Å². The number of anilines is 1. The lowest BCUT2D eigenvalue weighted by molar-refractivity contribution is -0.116. The van der Waals surface area contributed by atoms with Crippen molar-refractivity contribution in [1.82, 2.24) is 10.6 Å². The number of carbonyl (C=O) groups excluding carboxylic acids is 1. The van der Waals surface area contributed by atoms with Gasteiger partial charge in [0.05, 0.1) is 6.54 Å². The Kier molecular flexibility index (Phi) is 11.8. The fourth-order valence-electron chi connectivity index (χ4n) is 2.60. The predicted molar refractivity (Wildman–Crippen MR) is 130 cm³/mol. The molecule has 0 atom stereocenters. The summed E-state index contributed by atoms with van der Waals surface area (Å²) in [6, 6.07) is 17.5. The van der Waals surface area contributed by atoms with E-state index in [1.807, 2.05) is 68.4 Å². The zero-order chi connectivity index (χ0) is 20.2. The topological polar surface area (TPSA) is 74.8 Å². The first-order chi connectivity index (χ1) is 13.6. The summed E-state index contributed by atoms with van der Waals surface area (Å²) in [5.74, 6) is 1.93. The second-order valence-electron chi connectivity index (χ2n) is 6.86. The minimum atomic E-state index is 0. The lowest BCUT2D eigenvalue weighted by Gasteiger charge is -2.13. The Morgan fingerprint density at radius 1 is 1.07 bits per heavy atom. The van der Waals surface area contributed by atoms with Gasteiger partial charge in [0.1, 0.15) is 12.4 Å². The normalized spacial score (nSPS) is 10.8. The smallest absolute Gasteiger partial charge is 0.224 e. The van der Waals surface area contributed by atoms with E-state index in [1.165, 1.54) is 0 Å². The van der Waals surface area contributed by atoms with Gasteiger partial charge in [-0.2, -0.15) is 0 Å². The third-order valence-corrected chi connectivity index (χ3v) is 3.89. The molecule has 0 radical (unpaired) electrons. The maximum Gasteiger partial charge on any atom is 0.224 e. The van der Waals surface area contributed by atoms with E-state index in [4.69, 9.17) is 4.74 Å². The van der Waals surface area contributed by atoms with Gasteiger partial charge in [0.15, 0.2) is 5.96 Å². The molecule has 6 nitrogen and oxygen atoms in total. The Morgan fingerprint density at radius 3 is 2.52 bits per heavy atom. The summed E-state index contributed by atoms with van der Waals surface area (Å²) in [6.45, 7) is 5.85. The van der Waals surface area contributed by atoms with Crippen LogP contribution < -0.4 is 20.7 Å². The van der Waals surface area contributed by atoms with Crippen molar-refractivity contribution < 1.29 is 9.53 Å². The van der Waals surface area contributed by atoms with E-state index in [1.54, 1.807) is 7.05 Å². The molecule has 1 amide bonds. The van der Waals surface area contributed by atoms with Gasteiger partial charge in [0.25, 0.3) is 0 Å². The number of carbonyl (C=O) groups is 1. The highest BCUT2D eigenvalue weighted by molar-refractivity contribution is 14.0. The number of hydrogen-bond acceptors (Lipinski definition) is 3. The number of rotatable bonds is 9. The minimum absolute atomic E-state index is 0. The quantitative estimate of drug-likeness (QED) is 0.206. The largest absolute Gasteiger partial charge is 0.492 e. The summed E-state index contributed by atoms with van der Waals surface area (Å²) in [7, 11) is 1.73. The number of benzene rings is 2. The number of nitrogens with one attached hydrogen (secondary N) is 3. The van der Waals surface area contributed by atoms with Crippen LogP contribution in [0.15, 0.2) is 59.6 Å². The van der Waals surface area contributed by atoms with E-state index in [2.05, 4.69) is 20.9 Å². The average Bonchev–Trinajstić information content (AvgIpc) is 2.68. The summed E-state index contributed by atoms with van der Waals surface area (Å²) < 4.78 is 5.66. The molecule has 0 saturated carbocycles. The number of amides is 1. The number of ether oxygens (including phenoxy) is 1. The molecule has 0 aliphatic carbocycles. The number of nitrogens with zero attached hydrogens (tertiary/aromatic N) is 1. The third-order valence-electron chi connectivity index (χ3n) is 3.89. The molecule has 158 valence electrons. The maximum atomic E-state index is 11.9. The van der Waals surface area contributed by atoms with Gasteiger partial charge in [-0.15, -0.1) is 24.0 Å². The van der Waals surface area contributed by atoms with Crippen LogP contribution in [0.3, 0.4) is 0 Å². The first-order valence-electron chi connectivity index (χ1n) is 9.58. The Morgan fingerprint density at radius 2 is 1.83 bits per heavy atom. The highest BCUT2D eigenvalue weighted by Crippen LogP contribution is 2.12. The van der Waals surface area contributed by atoms with Crippen LogP contribution in [0.2, 0.25) is 0 Å². The predicted octanol–water partition coefficient (Wildman–Crippen LogP) is 4.03. The lowest BCUT2D eigenvalue weighted by Crippen LogP contribution is -2.38. The van der Waals surface area contributed by atoms with Gasteiger partial charge in [-0.05, 0) is 35.7 Å². The molecule has 7 heteroatoms. The SMILES string of the molecule is CN=C(NCCOc1ccccc1)NCc1cccc(NC(=O)CC(C)C)c1.I.